The molecule has 0 spiro atoms. The maximum atomic E-state index is 13.8. The number of hydrogen-bond donors (Lipinski definition) is 4. The third-order valence-electron chi connectivity index (χ3n) is 10.2. The first kappa shape index (κ1) is 41.8. The van der Waals surface area contributed by atoms with Crippen LogP contribution < -0.4 is 21.7 Å². The summed E-state index contributed by atoms with van der Waals surface area (Å²) in [6, 6.07) is -4.31. The first-order valence-electron chi connectivity index (χ1n) is 18.6. The summed E-state index contributed by atoms with van der Waals surface area (Å²) in [5.41, 5.74) is 6.29. The van der Waals surface area contributed by atoms with E-state index in [2.05, 4.69) is 25.9 Å². The van der Waals surface area contributed by atoms with Gasteiger partial charge in [0.2, 0.25) is 29.5 Å². The molecule has 4 heterocycles. The molecule has 0 aromatic rings. The topological polar surface area (TPSA) is 198 Å². The van der Waals surface area contributed by atoms with Crippen molar-refractivity contribution in [1.29, 1.82) is 0 Å². The minimum absolute atomic E-state index is 0.00932. The average Bonchev–Trinajstić information content (AvgIpc) is 3.93. The highest BCUT2D eigenvalue weighted by Gasteiger charge is 2.42. The SMILES string of the molecule is CCC(C)[C@H](NC(=O)C1CSC([C@H](N)C(C)C)=N1)C1=N[C@H](C(=O)N[C@@H](C2=NC(C(=O)N[C@H](C3=N[C@H](C=O)[C@@H](C)O3)C(C)CC)CS2)C(C)C)[C@@H](C)O1. The van der Waals surface area contributed by atoms with Crippen molar-refractivity contribution >= 4 is 69.4 Å². The van der Waals surface area contributed by atoms with E-state index in [0.29, 0.717) is 28.3 Å². The van der Waals surface area contributed by atoms with E-state index in [4.69, 9.17) is 25.2 Å². The summed E-state index contributed by atoms with van der Waals surface area (Å²) in [5.74, 6) is 1.03. The average molecular weight is 763 g/mol. The lowest BCUT2D eigenvalue weighted by atomic mass is 9.98. The van der Waals surface area contributed by atoms with Gasteiger partial charge in [-0.3, -0.25) is 24.4 Å². The first-order chi connectivity index (χ1) is 24.6. The lowest BCUT2D eigenvalue weighted by Gasteiger charge is -2.25. The summed E-state index contributed by atoms with van der Waals surface area (Å²) in [6.45, 7) is 19.7. The number of ether oxygens (including phenoxy) is 2. The molecule has 4 rings (SSSR count). The van der Waals surface area contributed by atoms with Gasteiger partial charge in [0.25, 0.3) is 0 Å². The standard InChI is InChI=1S/C36H58N8O6S2/c1-11-18(7)27(33-38-22(13-45)20(9)49-33)42-31(47)24-15-52-36(40-24)26(17(5)6)41-32(48)29-21(10)50-34(44-29)28(19(8)12-2)43-30(46)23-14-51-35(39-23)25(37)16(3)4/h13,16-29H,11-12,14-15,37H2,1-10H3,(H,41,48)(H,42,47)(H,43,46)/t18?,19?,20-,21-,22-,23?,24?,25-,26-,27+,28+,29+/m1/s1. The lowest BCUT2D eigenvalue weighted by Crippen LogP contribution is -2.49. The van der Waals surface area contributed by atoms with Gasteiger partial charge >= 0.3 is 0 Å². The van der Waals surface area contributed by atoms with Crippen molar-refractivity contribution in [3.63, 3.8) is 0 Å². The minimum atomic E-state index is -0.831. The van der Waals surface area contributed by atoms with Gasteiger partial charge in [-0.05, 0) is 37.5 Å². The van der Waals surface area contributed by atoms with Gasteiger partial charge in [0.15, 0.2) is 6.04 Å². The molecule has 5 N–H and O–H groups in total. The van der Waals surface area contributed by atoms with Crippen molar-refractivity contribution in [2.75, 3.05) is 11.5 Å². The predicted octanol–water partition coefficient (Wildman–Crippen LogP) is 2.77. The molecule has 0 aromatic heterocycles. The smallest absolute Gasteiger partial charge is 0.249 e. The molecule has 0 saturated carbocycles. The van der Waals surface area contributed by atoms with Crippen LogP contribution in [0.3, 0.4) is 0 Å². The number of aliphatic imine (C=N–C) groups is 4. The molecule has 0 fully saturated rings. The molecule has 0 bridgehead atoms. The van der Waals surface area contributed by atoms with Crippen LogP contribution in [-0.4, -0.2) is 118 Å². The maximum Gasteiger partial charge on any atom is 0.249 e. The molecular formula is C36H58N8O6S2. The first-order valence-corrected chi connectivity index (χ1v) is 20.6. The second-order valence-electron chi connectivity index (χ2n) is 15.0. The van der Waals surface area contributed by atoms with Gasteiger partial charge in [-0.15, -0.1) is 23.5 Å². The molecule has 0 radical (unpaired) electrons. The van der Waals surface area contributed by atoms with E-state index in [0.717, 1.165) is 24.2 Å². The minimum Gasteiger partial charge on any atom is -0.474 e. The van der Waals surface area contributed by atoms with E-state index >= 15 is 0 Å². The van der Waals surface area contributed by atoms with Crippen LogP contribution in [0.1, 0.15) is 82.1 Å². The number of thioether (sulfide) groups is 2. The van der Waals surface area contributed by atoms with Crippen molar-refractivity contribution in [3.05, 3.63) is 0 Å². The van der Waals surface area contributed by atoms with Crippen molar-refractivity contribution < 1.29 is 28.7 Å². The van der Waals surface area contributed by atoms with Gasteiger partial charge in [0, 0.05) is 11.5 Å². The maximum absolute atomic E-state index is 13.8. The third-order valence-corrected chi connectivity index (χ3v) is 12.5. The van der Waals surface area contributed by atoms with Crippen molar-refractivity contribution in [3.8, 4) is 0 Å². The predicted molar refractivity (Wildman–Crippen MR) is 209 cm³/mol. The van der Waals surface area contributed by atoms with Crippen LogP contribution in [0, 0.1) is 23.7 Å². The van der Waals surface area contributed by atoms with Crippen molar-refractivity contribution in [1.82, 2.24) is 16.0 Å². The monoisotopic (exact) mass is 762 g/mol. The number of nitrogens with zero attached hydrogens (tertiary/aromatic N) is 4. The van der Waals surface area contributed by atoms with E-state index in [1.165, 1.54) is 23.5 Å². The normalized spacial score (nSPS) is 29.1. The van der Waals surface area contributed by atoms with Crippen LogP contribution in [0.15, 0.2) is 20.0 Å². The zero-order valence-electron chi connectivity index (χ0n) is 32.1. The Balaban J connectivity index is 1.44. The van der Waals surface area contributed by atoms with E-state index in [1.807, 2.05) is 55.4 Å². The van der Waals surface area contributed by atoms with E-state index < -0.39 is 48.4 Å². The molecule has 4 aliphatic rings. The number of hydrogen-bond acceptors (Lipinski definition) is 13. The molecule has 0 saturated heterocycles. The van der Waals surface area contributed by atoms with Gasteiger partial charge in [0.05, 0.1) is 22.2 Å². The molecule has 4 aliphatic heterocycles. The summed E-state index contributed by atoms with van der Waals surface area (Å²) < 4.78 is 12.0. The largest absolute Gasteiger partial charge is 0.474 e. The Labute approximate surface area is 316 Å². The van der Waals surface area contributed by atoms with Gasteiger partial charge in [-0.25, -0.2) is 9.98 Å². The molecule has 14 nitrogen and oxygen atoms in total. The number of rotatable bonds is 17. The molecule has 12 atom stereocenters. The van der Waals surface area contributed by atoms with Gasteiger partial charge in [-0.1, -0.05) is 68.2 Å². The highest BCUT2D eigenvalue weighted by atomic mass is 32.2. The van der Waals surface area contributed by atoms with E-state index in [9.17, 15) is 19.2 Å². The van der Waals surface area contributed by atoms with E-state index in [-0.39, 0.29) is 53.5 Å². The zero-order valence-corrected chi connectivity index (χ0v) is 33.8. The summed E-state index contributed by atoms with van der Waals surface area (Å²) in [5, 5.41) is 10.8. The zero-order chi connectivity index (χ0) is 38.4. The molecule has 0 aliphatic carbocycles. The molecule has 290 valence electrons. The number of carbonyl (C=O) groups excluding carboxylic acids is 4. The summed E-state index contributed by atoms with van der Waals surface area (Å²) in [4.78, 5) is 70.7. The van der Waals surface area contributed by atoms with Crippen LogP contribution in [0.25, 0.3) is 0 Å². The summed E-state index contributed by atoms with van der Waals surface area (Å²) >= 11 is 2.96. The highest BCUT2D eigenvalue weighted by molar-refractivity contribution is 8.14. The fourth-order valence-electron chi connectivity index (χ4n) is 6.10. The Hall–Kier alpha value is -2.98. The van der Waals surface area contributed by atoms with Gasteiger partial charge in [-0.2, -0.15) is 0 Å². The fraction of sp³-hybridized carbons (Fsp3) is 0.778. The van der Waals surface area contributed by atoms with Crippen molar-refractivity contribution in [2.45, 2.75) is 143 Å². The van der Waals surface area contributed by atoms with Crippen LogP contribution in [-0.2, 0) is 28.7 Å². The van der Waals surface area contributed by atoms with E-state index in [1.54, 1.807) is 13.8 Å². The quantitative estimate of drug-likeness (QED) is 0.161. The Bertz CT molecular complexity index is 1450. The second-order valence-corrected chi connectivity index (χ2v) is 17.1. The molecule has 3 amide bonds. The molecule has 52 heavy (non-hydrogen) atoms. The summed E-state index contributed by atoms with van der Waals surface area (Å²) in [6.07, 6.45) is 1.33. The molecule has 16 heteroatoms. The number of amides is 3. The summed E-state index contributed by atoms with van der Waals surface area (Å²) in [7, 11) is 0. The highest BCUT2D eigenvalue weighted by Crippen LogP contribution is 2.28. The third kappa shape index (κ3) is 9.76. The Morgan fingerprint density at radius 3 is 1.69 bits per heavy atom. The fourth-order valence-corrected chi connectivity index (χ4v) is 8.59. The number of nitrogens with two attached hydrogens (primary N) is 1. The molecular weight excluding hydrogens is 705 g/mol. The molecule has 4 unspecified atom stereocenters. The van der Waals surface area contributed by atoms with Gasteiger partial charge in [0.1, 0.15) is 48.7 Å². The molecule has 0 aromatic carbocycles. The van der Waals surface area contributed by atoms with Crippen LogP contribution in [0.4, 0.5) is 0 Å². The van der Waals surface area contributed by atoms with Crippen molar-refractivity contribution in [2.24, 2.45) is 49.4 Å². The lowest BCUT2D eigenvalue weighted by molar-refractivity contribution is -0.124. The Morgan fingerprint density at radius 1 is 0.731 bits per heavy atom. The van der Waals surface area contributed by atoms with Crippen LogP contribution in [0.5, 0.6) is 0 Å². The Morgan fingerprint density at radius 2 is 1.21 bits per heavy atom. The van der Waals surface area contributed by atoms with Gasteiger partial charge < -0.3 is 36.0 Å². The number of nitrogens with one attached hydrogen (secondary N) is 3. The second kappa shape index (κ2) is 18.4. The van der Waals surface area contributed by atoms with Crippen LogP contribution in [0.2, 0.25) is 0 Å². The van der Waals surface area contributed by atoms with Crippen LogP contribution >= 0.6 is 23.5 Å². The number of carbonyl (C=O) groups is 4. The Kier molecular flexibility index (Phi) is 14.8. The number of aldehydes is 1.